The van der Waals surface area contributed by atoms with E-state index in [1.807, 2.05) is 30.3 Å². The van der Waals surface area contributed by atoms with Crippen LogP contribution in [0.2, 0.25) is 0 Å². The average Bonchev–Trinajstić information content (AvgIpc) is 2.74. The summed E-state index contributed by atoms with van der Waals surface area (Å²) in [5.74, 6) is 0.729. The number of methoxy groups -OCH3 is 1. The summed E-state index contributed by atoms with van der Waals surface area (Å²) in [6.07, 6.45) is 1.41. The van der Waals surface area contributed by atoms with Crippen molar-refractivity contribution in [1.29, 1.82) is 0 Å². The van der Waals surface area contributed by atoms with E-state index < -0.39 is 0 Å². The number of fused-ring (bicyclic) bond motifs is 1. The van der Waals surface area contributed by atoms with Gasteiger partial charge < -0.3 is 20.5 Å². The number of carbonyl (C=O) groups is 1. The summed E-state index contributed by atoms with van der Waals surface area (Å²) < 4.78 is 5.17. The number of anilines is 3. The van der Waals surface area contributed by atoms with Crippen LogP contribution in [0.3, 0.4) is 0 Å². The van der Waals surface area contributed by atoms with Crippen LogP contribution in [-0.2, 0) is 0 Å². The summed E-state index contributed by atoms with van der Waals surface area (Å²) in [4.78, 5) is 20.8. The Kier molecular flexibility index (Phi) is 4.94. The summed E-state index contributed by atoms with van der Waals surface area (Å²) in [5.41, 5.74) is 2.62. The van der Waals surface area contributed by atoms with Crippen molar-refractivity contribution < 1.29 is 14.6 Å². The fourth-order valence-corrected chi connectivity index (χ4v) is 2.90. The third-order valence-corrected chi connectivity index (χ3v) is 4.38. The summed E-state index contributed by atoms with van der Waals surface area (Å²) in [5, 5.41) is 16.7. The van der Waals surface area contributed by atoms with E-state index in [-0.39, 0.29) is 11.7 Å². The topological polar surface area (TPSA) is 96.4 Å². The number of hydrogen-bond donors (Lipinski definition) is 3. The highest BCUT2D eigenvalue weighted by atomic mass is 16.5. The first-order chi connectivity index (χ1) is 14.1. The number of aromatic nitrogens is 2. The smallest absolute Gasteiger partial charge is 0.255 e. The molecule has 0 saturated heterocycles. The first-order valence-electron chi connectivity index (χ1n) is 8.89. The Labute approximate surface area is 167 Å². The number of para-hydroxylation sites is 1. The molecule has 0 fully saturated rings. The summed E-state index contributed by atoms with van der Waals surface area (Å²) in [7, 11) is 1.48. The predicted molar refractivity (Wildman–Crippen MR) is 112 cm³/mol. The maximum atomic E-state index is 12.4. The molecular formula is C22H18N4O3. The number of nitrogens with one attached hydrogen (secondary N) is 2. The van der Waals surface area contributed by atoms with Crippen LogP contribution >= 0.6 is 0 Å². The molecule has 0 atom stereocenters. The van der Waals surface area contributed by atoms with Gasteiger partial charge in [0.05, 0.1) is 12.6 Å². The standard InChI is InChI=1S/C22H18N4O3/c1-29-20-11-17-18(12-19(20)27)23-13-24-21(17)25-16-9-7-14(8-10-16)22(28)26-15-5-3-2-4-6-15/h2-13,27H,1H3,(H,26,28)(H,23,24,25). The molecule has 7 nitrogen and oxygen atoms in total. The van der Waals surface area contributed by atoms with Crippen LogP contribution in [0, 0.1) is 0 Å². The molecule has 4 rings (SSSR count). The second-order valence-electron chi connectivity index (χ2n) is 6.29. The van der Waals surface area contributed by atoms with Gasteiger partial charge in [-0.1, -0.05) is 18.2 Å². The lowest BCUT2D eigenvalue weighted by atomic mass is 10.1. The molecule has 1 aromatic heterocycles. The number of nitrogens with zero attached hydrogens (tertiary/aromatic N) is 2. The highest BCUT2D eigenvalue weighted by Gasteiger charge is 2.11. The van der Waals surface area contributed by atoms with Crippen molar-refractivity contribution in [3.8, 4) is 11.5 Å². The number of phenolic OH excluding ortho intramolecular Hbond substituents is 1. The van der Waals surface area contributed by atoms with E-state index in [4.69, 9.17) is 4.74 Å². The van der Waals surface area contributed by atoms with Gasteiger partial charge in [-0.25, -0.2) is 9.97 Å². The first kappa shape index (κ1) is 18.2. The van der Waals surface area contributed by atoms with Crippen LogP contribution < -0.4 is 15.4 Å². The van der Waals surface area contributed by atoms with Gasteiger partial charge in [0.15, 0.2) is 11.5 Å². The Morgan fingerprint density at radius 2 is 1.72 bits per heavy atom. The van der Waals surface area contributed by atoms with E-state index in [1.165, 1.54) is 19.5 Å². The van der Waals surface area contributed by atoms with Crippen LogP contribution in [-0.4, -0.2) is 28.1 Å². The Morgan fingerprint density at radius 3 is 2.45 bits per heavy atom. The number of carbonyl (C=O) groups excluding carboxylic acids is 1. The minimum Gasteiger partial charge on any atom is -0.504 e. The van der Waals surface area contributed by atoms with Crippen LogP contribution in [0.15, 0.2) is 73.1 Å². The van der Waals surface area contributed by atoms with Gasteiger partial charge in [-0.15, -0.1) is 0 Å². The Balaban J connectivity index is 1.55. The van der Waals surface area contributed by atoms with Gasteiger partial charge in [-0.3, -0.25) is 4.79 Å². The maximum Gasteiger partial charge on any atom is 0.255 e. The van der Waals surface area contributed by atoms with Crippen molar-refractivity contribution in [3.63, 3.8) is 0 Å². The largest absolute Gasteiger partial charge is 0.504 e. The molecule has 0 saturated carbocycles. The highest BCUT2D eigenvalue weighted by molar-refractivity contribution is 6.04. The lowest BCUT2D eigenvalue weighted by Gasteiger charge is -2.11. The van der Waals surface area contributed by atoms with Gasteiger partial charge in [-0.05, 0) is 42.5 Å². The lowest BCUT2D eigenvalue weighted by Crippen LogP contribution is -2.11. The van der Waals surface area contributed by atoms with E-state index in [0.29, 0.717) is 28.0 Å². The van der Waals surface area contributed by atoms with Gasteiger partial charge in [0.1, 0.15) is 12.1 Å². The highest BCUT2D eigenvalue weighted by Crippen LogP contribution is 2.33. The Morgan fingerprint density at radius 1 is 0.966 bits per heavy atom. The molecule has 0 aliphatic rings. The molecule has 4 aromatic rings. The third-order valence-electron chi connectivity index (χ3n) is 4.38. The van der Waals surface area contributed by atoms with Crippen LogP contribution in [0.1, 0.15) is 10.4 Å². The minimum absolute atomic E-state index is 0.0124. The van der Waals surface area contributed by atoms with Gasteiger partial charge in [0.2, 0.25) is 0 Å². The third kappa shape index (κ3) is 3.93. The van der Waals surface area contributed by atoms with Crippen molar-refractivity contribution in [1.82, 2.24) is 9.97 Å². The SMILES string of the molecule is COc1cc2c(Nc3ccc(C(=O)Nc4ccccc4)cc3)ncnc2cc1O. The number of amides is 1. The molecule has 29 heavy (non-hydrogen) atoms. The van der Waals surface area contributed by atoms with Crippen LogP contribution in [0.25, 0.3) is 10.9 Å². The van der Waals surface area contributed by atoms with Crippen molar-refractivity contribution in [2.75, 3.05) is 17.7 Å². The molecule has 0 aliphatic heterocycles. The van der Waals surface area contributed by atoms with E-state index in [1.54, 1.807) is 30.3 Å². The lowest BCUT2D eigenvalue weighted by molar-refractivity contribution is 0.102. The molecule has 1 amide bonds. The number of aromatic hydroxyl groups is 1. The van der Waals surface area contributed by atoms with Crippen LogP contribution in [0.5, 0.6) is 11.5 Å². The Bertz CT molecular complexity index is 1160. The van der Waals surface area contributed by atoms with Crippen molar-refractivity contribution in [2.45, 2.75) is 0 Å². The molecule has 3 aromatic carbocycles. The van der Waals surface area contributed by atoms with Gasteiger partial charge >= 0.3 is 0 Å². The number of rotatable bonds is 5. The monoisotopic (exact) mass is 386 g/mol. The molecule has 0 spiro atoms. The number of ether oxygens (including phenoxy) is 1. The maximum absolute atomic E-state index is 12.4. The van der Waals surface area contributed by atoms with E-state index in [9.17, 15) is 9.90 Å². The summed E-state index contributed by atoms with van der Waals surface area (Å²) >= 11 is 0. The summed E-state index contributed by atoms with van der Waals surface area (Å²) in [6, 6.07) is 19.5. The fraction of sp³-hybridized carbons (Fsp3) is 0.0455. The van der Waals surface area contributed by atoms with Crippen molar-refractivity contribution in [2.24, 2.45) is 0 Å². The fourth-order valence-electron chi connectivity index (χ4n) is 2.90. The molecule has 144 valence electrons. The van der Waals surface area contributed by atoms with Crippen LogP contribution in [0.4, 0.5) is 17.2 Å². The number of benzene rings is 3. The van der Waals surface area contributed by atoms with Crippen molar-refractivity contribution in [3.05, 3.63) is 78.6 Å². The second kappa shape index (κ2) is 7.85. The molecule has 0 bridgehead atoms. The molecule has 0 aliphatic carbocycles. The minimum atomic E-state index is -0.185. The molecule has 0 radical (unpaired) electrons. The molecular weight excluding hydrogens is 368 g/mol. The van der Waals surface area contributed by atoms with E-state index >= 15 is 0 Å². The zero-order valence-corrected chi connectivity index (χ0v) is 15.6. The summed E-state index contributed by atoms with van der Waals surface area (Å²) in [6.45, 7) is 0. The predicted octanol–water partition coefficient (Wildman–Crippen LogP) is 4.34. The second-order valence-corrected chi connectivity index (χ2v) is 6.29. The first-order valence-corrected chi connectivity index (χ1v) is 8.89. The number of phenols is 1. The van der Waals surface area contributed by atoms with Gasteiger partial charge in [0.25, 0.3) is 5.91 Å². The normalized spacial score (nSPS) is 10.5. The average molecular weight is 386 g/mol. The number of hydrogen-bond acceptors (Lipinski definition) is 6. The van der Waals surface area contributed by atoms with Gasteiger partial charge in [0, 0.05) is 28.4 Å². The zero-order chi connectivity index (χ0) is 20.2. The molecule has 0 unspecified atom stereocenters. The van der Waals surface area contributed by atoms with E-state index in [0.717, 1.165) is 11.4 Å². The molecule has 3 N–H and O–H groups in total. The quantitative estimate of drug-likeness (QED) is 0.472. The van der Waals surface area contributed by atoms with Gasteiger partial charge in [-0.2, -0.15) is 0 Å². The zero-order valence-electron chi connectivity index (χ0n) is 15.6. The van der Waals surface area contributed by atoms with E-state index in [2.05, 4.69) is 20.6 Å². The Hall–Kier alpha value is -4.13. The molecule has 1 heterocycles. The molecule has 7 heteroatoms. The van der Waals surface area contributed by atoms with Crippen molar-refractivity contribution >= 4 is 34.0 Å².